The lowest BCUT2D eigenvalue weighted by Gasteiger charge is -2.26. The first-order valence-electron chi connectivity index (χ1n) is 7.54. The number of halogens is 1. The van der Waals surface area contributed by atoms with E-state index in [0.29, 0.717) is 6.04 Å². The molecule has 1 aliphatic rings. The van der Waals surface area contributed by atoms with Crippen LogP contribution in [0.1, 0.15) is 34.5 Å². The van der Waals surface area contributed by atoms with Gasteiger partial charge >= 0.3 is 0 Å². The Hall–Kier alpha value is -1.13. The molecule has 0 spiro atoms. The second-order valence-electron chi connectivity index (χ2n) is 6.01. The quantitative estimate of drug-likeness (QED) is 0.921. The molecular weight excluding hydrogens is 326 g/mol. The molecule has 4 heteroatoms. The number of aromatic nitrogens is 2. The van der Waals surface area contributed by atoms with Crippen molar-refractivity contribution in [3.63, 3.8) is 0 Å². The molecule has 112 valence electrons. The molecule has 1 unspecified atom stereocenters. The highest BCUT2D eigenvalue weighted by atomic mass is 79.9. The molecule has 0 radical (unpaired) electrons. The highest BCUT2D eigenvalue weighted by molar-refractivity contribution is 9.10. The van der Waals surface area contributed by atoms with Gasteiger partial charge < -0.3 is 5.32 Å². The largest absolute Gasteiger partial charge is 0.309 e. The molecular formula is C17H22BrN3. The van der Waals surface area contributed by atoms with Crippen LogP contribution in [0.15, 0.2) is 22.7 Å². The molecule has 1 aliphatic carbocycles. The maximum Gasteiger partial charge on any atom is 0.0641 e. The first-order valence-corrected chi connectivity index (χ1v) is 8.33. The highest BCUT2D eigenvalue weighted by Gasteiger charge is 2.19. The smallest absolute Gasteiger partial charge is 0.0641 e. The van der Waals surface area contributed by atoms with E-state index in [1.807, 2.05) is 11.7 Å². The number of nitrogens with one attached hydrogen (secondary N) is 1. The van der Waals surface area contributed by atoms with E-state index < -0.39 is 0 Å². The standard InChI is InChI=1S/C17H22BrN3/c1-11-17(12(2)21(3)20-11)10-19-16-7-5-13-8-15(18)6-4-14(13)9-16/h4,6,8,16,19H,5,7,9-10H2,1-3H3. The topological polar surface area (TPSA) is 29.9 Å². The van der Waals surface area contributed by atoms with Gasteiger partial charge in [0.2, 0.25) is 0 Å². The average molecular weight is 348 g/mol. The first-order chi connectivity index (χ1) is 10.0. The van der Waals surface area contributed by atoms with Crippen molar-refractivity contribution < 1.29 is 0 Å². The molecule has 0 bridgehead atoms. The first kappa shape index (κ1) is 14.8. The second-order valence-corrected chi connectivity index (χ2v) is 6.92. The van der Waals surface area contributed by atoms with E-state index in [-0.39, 0.29) is 0 Å². The Morgan fingerprint density at radius 2 is 2.14 bits per heavy atom. The molecule has 1 aromatic carbocycles. The summed E-state index contributed by atoms with van der Waals surface area (Å²) in [5.74, 6) is 0. The number of hydrogen-bond acceptors (Lipinski definition) is 2. The van der Waals surface area contributed by atoms with Gasteiger partial charge in [-0.05, 0) is 56.4 Å². The van der Waals surface area contributed by atoms with Crippen molar-refractivity contribution in [3.8, 4) is 0 Å². The lowest BCUT2D eigenvalue weighted by molar-refractivity contribution is 0.456. The number of fused-ring (bicyclic) bond motifs is 1. The predicted octanol–water partition coefficient (Wildman–Crippen LogP) is 3.45. The minimum absolute atomic E-state index is 0.567. The summed E-state index contributed by atoms with van der Waals surface area (Å²) in [6, 6.07) is 7.24. The molecule has 1 heterocycles. The third-order valence-corrected chi connectivity index (χ3v) is 5.12. The molecule has 0 aliphatic heterocycles. The van der Waals surface area contributed by atoms with Gasteiger partial charge in [-0.1, -0.05) is 22.0 Å². The molecule has 3 nitrogen and oxygen atoms in total. The zero-order valence-electron chi connectivity index (χ0n) is 12.9. The lowest BCUT2D eigenvalue weighted by atomic mass is 9.88. The number of nitrogens with zero attached hydrogens (tertiary/aromatic N) is 2. The summed E-state index contributed by atoms with van der Waals surface area (Å²) in [4.78, 5) is 0. The minimum Gasteiger partial charge on any atom is -0.309 e. The van der Waals surface area contributed by atoms with Crippen molar-refractivity contribution in [2.45, 2.75) is 45.7 Å². The fourth-order valence-electron chi connectivity index (χ4n) is 3.22. The van der Waals surface area contributed by atoms with Crippen LogP contribution in [0.2, 0.25) is 0 Å². The predicted molar refractivity (Wildman–Crippen MR) is 89.5 cm³/mol. The van der Waals surface area contributed by atoms with Crippen LogP contribution in [0, 0.1) is 13.8 Å². The molecule has 21 heavy (non-hydrogen) atoms. The third kappa shape index (κ3) is 3.06. The molecule has 0 fully saturated rings. The van der Waals surface area contributed by atoms with Gasteiger partial charge in [-0.2, -0.15) is 5.10 Å². The number of rotatable bonds is 3. The van der Waals surface area contributed by atoms with Crippen LogP contribution in [-0.4, -0.2) is 15.8 Å². The Kier molecular flexibility index (Phi) is 4.18. The number of hydrogen-bond donors (Lipinski definition) is 1. The van der Waals surface area contributed by atoms with Gasteiger partial charge in [0.25, 0.3) is 0 Å². The zero-order valence-corrected chi connectivity index (χ0v) is 14.5. The monoisotopic (exact) mass is 347 g/mol. The van der Waals surface area contributed by atoms with Crippen LogP contribution in [0.4, 0.5) is 0 Å². The van der Waals surface area contributed by atoms with Gasteiger partial charge in [0, 0.05) is 35.4 Å². The van der Waals surface area contributed by atoms with E-state index in [9.17, 15) is 0 Å². The molecule has 1 N–H and O–H groups in total. The van der Waals surface area contributed by atoms with Gasteiger partial charge in [-0.3, -0.25) is 4.68 Å². The summed E-state index contributed by atoms with van der Waals surface area (Å²) in [5.41, 5.74) is 6.74. The summed E-state index contributed by atoms with van der Waals surface area (Å²) in [6.45, 7) is 5.16. The van der Waals surface area contributed by atoms with Crippen molar-refractivity contribution in [1.82, 2.24) is 15.1 Å². The summed E-state index contributed by atoms with van der Waals surface area (Å²) in [6.07, 6.45) is 3.50. The normalized spacial score (nSPS) is 17.8. The van der Waals surface area contributed by atoms with Crippen LogP contribution < -0.4 is 5.32 Å². The van der Waals surface area contributed by atoms with Crippen molar-refractivity contribution in [1.29, 1.82) is 0 Å². The van der Waals surface area contributed by atoms with E-state index in [2.05, 4.69) is 58.4 Å². The van der Waals surface area contributed by atoms with Gasteiger partial charge in [-0.25, -0.2) is 0 Å². The maximum absolute atomic E-state index is 4.49. The molecule has 1 atom stereocenters. The van der Waals surface area contributed by atoms with E-state index in [1.165, 1.54) is 33.3 Å². The Morgan fingerprint density at radius 1 is 1.33 bits per heavy atom. The van der Waals surface area contributed by atoms with Crippen molar-refractivity contribution in [3.05, 3.63) is 50.8 Å². The fourth-order valence-corrected chi connectivity index (χ4v) is 3.63. The van der Waals surface area contributed by atoms with Gasteiger partial charge in [0.05, 0.1) is 5.69 Å². The second kappa shape index (κ2) is 5.93. The van der Waals surface area contributed by atoms with E-state index >= 15 is 0 Å². The van der Waals surface area contributed by atoms with E-state index in [4.69, 9.17) is 0 Å². The van der Waals surface area contributed by atoms with E-state index in [0.717, 1.165) is 25.1 Å². The maximum atomic E-state index is 4.49. The van der Waals surface area contributed by atoms with Crippen LogP contribution in [0.5, 0.6) is 0 Å². The molecule has 1 aromatic heterocycles. The van der Waals surface area contributed by atoms with Gasteiger partial charge in [0.1, 0.15) is 0 Å². The third-order valence-electron chi connectivity index (χ3n) is 4.62. The van der Waals surface area contributed by atoms with Gasteiger partial charge in [-0.15, -0.1) is 0 Å². The van der Waals surface area contributed by atoms with Gasteiger partial charge in [0.15, 0.2) is 0 Å². The Labute approximate surface area is 134 Å². The minimum atomic E-state index is 0.567. The van der Waals surface area contributed by atoms with Crippen LogP contribution in [0.3, 0.4) is 0 Å². The molecule has 0 saturated heterocycles. The Morgan fingerprint density at radius 3 is 2.86 bits per heavy atom. The lowest BCUT2D eigenvalue weighted by Crippen LogP contribution is -2.34. The molecule has 0 saturated carbocycles. The number of benzene rings is 1. The van der Waals surface area contributed by atoms with Crippen molar-refractivity contribution in [2.75, 3.05) is 0 Å². The Balaban J connectivity index is 1.66. The average Bonchev–Trinajstić information content (AvgIpc) is 2.70. The summed E-state index contributed by atoms with van der Waals surface area (Å²) < 4.78 is 3.16. The molecule has 0 amide bonds. The SMILES string of the molecule is Cc1nn(C)c(C)c1CNC1CCc2cc(Br)ccc2C1. The molecule has 2 aromatic rings. The highest BCUT2D eigenvalue weighted by Crippen LogP contribution is 2.25. The fraction of sp³-hybridized carbons (Fsp3) is 0.471. The van der Waals surface area contributed by atoms with Crippen LogP contribution in [-0.2, 0) is 26.4 Å². The van der Waals surface area contributed by atoms with Crippen molar-refractivity contribution >= 4 is 15.9 Å². The Bertz CT molecular complexity index is 660. The summed E-state index contributed by atoms with van der Waals surface area (Å²) in [7, 11) is 2.01. The molecule has 3 rings (SSSR count). The zero-order chi connectivity index (χ0) is 15.0. The summed E-state index contributed by atoms with van der Waals surface area (Å²) >= 11 is 3.56. The summed E-state index contributed by atoms with van der Waals surface area (Å²) in [5, 5.41) is 8.21. The van der Waals surface area contributed by atoms with E-state index in [1.54, 1.807) is 0 Å². The van der Waals surface area contributed by atoms with Crippen LogP contribution >= 0.6 is 15.9 Å². The van der Waals surface area contributed by atoms with Crippen molar-refractivity contribution in [2.24, 2.45) is 7.05 Å². The number of aryl methyl sites for hydroxylation is 3. The van der Waals surface area contributed by atoms with Crippen LogP contribution in [0.25, 0.3) is 0 Å².